The number of ether oxygens (including phenoxy) is 1. The van der Waals surface area contributed by atoms with Crippen LogP contribution in [0.4, 0.5) is 4.39 Å². The molecule has 106 valence electrons. The third kappa shape index (κ3) is 3.14. The van der Waals surface area contributed by atoms with Crippen LogP contribution in [0.5, 0.6) is 0 Å². The number of rotatable bonds is 4. The van der Waals surface area contributed by atoms with Crippen molar-refractivity contribution in [1.82, 2.24) is 10.1 Å². The summed E-state index contributed by atoms with van der Waals surface area (Å²) in [6.45, 7) is -0.159. The Hall–Kier alpha value is -2.54. The summed E-state index contributed by atoms with van der Waals surface area (Å²) < 4.78 is 23.0. The Balaban J connectivity index is 1.64. The lowest BCUT2D eigenvalue weighted by Crippen LogP contribution is -2.05. The molecule has 21 heavy (non-hydrogen) atoms. The number of carbonyl (C=O) groups excluding carboxylic acids is 1. The zero-order valence-electron chi connectivity index (χ0n) is 10.7. The number of benzene rings is 1. The highest BCUT2D eigenvalue weighted by Gasteiger charge is 2.13. The van der Waals surface area contributed by atoms with Crippen molar-refractivity contribution < 1.29 is 18.4 Å². The summed E-state index contributed by atoms with van der Waals surface area (Å²) in [5.74, 6) is -0.516. The van der Waals surface area contributed by atoms with Gasteiger partial charge in [0.2, 0.25) is 5.82 Å². The highest BCUT2D eigenvalue weighted by molar-refractivity contribution is 7.13. The van der Waals surface area contributed by atoms with Crippen LogP contribution in [-0.4, -0.2) is 16.1 Å². The highest BCUT2D eigenvalue weighted by Crippen LogP contribution is 2.21. The van der Waals surface area contributed by atoms with E-state index in [1.807, 2.05) is 17.5 Å². The van der Waals surface area contributed by atoms with Crippen LogP contribution < -0.4 is 0 Å². The first-order valence-electron chi connectivity index (χ1n) is 6.01. The second-order valence-electron chi connectivity index (χ2n) is 4.08. The quantitative estimate of drug-likeness (QED) is 0.692. The van der Waals surface area contributed by atoms with Crippen molar-refractivity contribution in [1.29, 1.82) is 0 Å². The molecule has 0 spiro atoms. The fourth-order valence-corrected chi connectivity index (χ4v) is 2.29. The van der Waals surface area contributed by atoms with Crippen molar-refractivity contribution in [2.75, 3.05) is 0 Å². The predicted octanol–water partition coefficient (Wildman–Crippen LogP) is 3.29. The van der Waals surface area contributed by atoms with E-state index in [-0.39, 0.29) is 18.1 Å². The summed E-state index contributed by atoms with van der Waals surface area (Å²) in [4.78, 5) is 16.7. The fourth-order valence-electron chi connectivity index (χ4n) is 1.65. The molecule has 0 saturated carbocycles. The smallest absolute Gasteiger partial charge is 0.338 e. The number of nitrogens with zero attached hydrogens (tertiary/aromatic N) is 2. The second-order valence-corrected chi connectivity index (χ2v) is 5.02. The highest BCUT2D eigenvalue weighted by atomic mass is 32.1. The number of aromatic nitrogens is 2. The van der Waals surface area contributed by atoms with Crippen molar-refractivity contribution in [2.45, 2.75) is 6.61 Å². The SMILES string of the molecule is O=C(OCc1nc(-c2cccs2)no1)c1cccc(F)c1. The molecular weight excluding hydrogens is 295 g/mol. The van der Waals surface area contributed by atoms with Crippen LogP contribution >= 0.6 is 11.3 Å². The van der Waals surface area contributed by atoms with Crippen molar-refractivity contribution in [3.63, 3.8) is 0 Å². The molecule has 2 aromatic heterocycles. The normalized spacial score (nSPS) is 10.5. The summed E-state index contributed by atoms with van der Waals surface area (Å²) in [5, 5.41) is 5.69. The summed E-state index contributed by atoms with van der Waals surface area (Å²) in [5.41, 5.74) is 0.132. The second kappa shape index (κ2) is 5.84. The van der Waals surface area contributed by atoms with Crippen LogP contribution in [0, 0.1) is 5.82 Å². The van der Waals surface area contributed by atoms with E-state index in [0.717, 1.165) is 10.9 Å². The third-order valence-electron chi connectivity index (χ3n) is 2.60. The molecule has 0 radical (unpaired) electrons. The molecule has 0 aliphatic carbocycles. The standard InChI is InChI=1S/C14H9FN2O3S/c15-10-4-1-3-9(7-10)14(18)19-8-12-16-13(17-20-12)11-5-2-6-21-11/h1-7H,8H2. The van der Waals surface area contributed by atoms with Crippen LogP contribution in [0.3, 0.4) is 0 Å². The molecule has 3 rings (SSSR count). The van der Waals surface area contributed by atoms with Crippen molar-refractivity contribution in [3.05, 3.63) is 59.0 Å². The van der Waals surface area contributed by atoms with E-state index >= 15 is 0 Å². The summed E-state index contributed by atoms with van der Waals surface area (Å²) in [7, 11) is 0. The van der Waals surface area contributed by atoms with Gasteiger partial charge in [-0.1, -0.05) is 17.3 Å². The summed E-state index contributed by atoms with van der Waals surface area (Å²) in [6, 6.07) is 9.00. The average molecular weight is 304 g/mol. The van der Waals surface area contributed by atoms with Crippen molar-refractivity contribution >= 4 is 17.3 Å². The minimum Gasteiger partial charge on any atom is -0.452 e. The van der Waals surface area contributed by atoms with E-state index in [1.54, 1.807) is 0 Å². The number of halogens is 1. The molecule has 0 N–H and O–H groups in total. The van der Waals surface area contributed by atoms with E-state index in [0.29, 0.717) is 5.82 Å². The zero-order valence-corrected chi connectivity index (χ0v) is 11.5. The largest absolute Gasteiger partial charge is 0.452 e. The van der Waals surface area contributed by atoms with Gasteiger partial charge < -0.3 is 9.26 Å². The van der Waals surface area contributed by atoms with Crippen LogP contribution in [0.15, 0.2) is 46.3 Å². The fraction of sp³-hybridized carbons (Fsp3) is 0.0714. The molecule has 0 unspecified atom stereocenters. The molecule has 0 aliphatic heterocycles. The number of thiophene rings is 1. The molecule has 5 nitrogen and oxygen atoms in total. The Bertz CT molecular complexity index is 755. The average Bonchev–Trinajstić information content (AvgIpc) is 3.15. The lowest BCUT2D eigenvalue weighted by atomic mass is 10.2. The number of hydrogen-bond acceptors (Lipinski definition) is 6. The summed E-state index contributed by atoms with van der Waals surface area (Å²) >= 11 is 1.48. The van der Waals surface area contributed by atoms with E-state index in [9.17, 15) is 9.18 Å². The molecule has 0 fully saturated rings. The molecule has 0 atom stereocenters. The van der Waals surface area contributed by atoms with Gasteiger partial charge in [-0.05, 0) is 29.6 Å². The van der Waals surface area contributed by atoms with Gasteiger partial charge in [-0.3, -0.25) is 0 Å². The zero-order chi connectivity index (χ0) is 14.7. The van der Waals surface area contributed by atoms with Gasteiger partial charge in [-0.15, -0.1) is 11.3 Å². The first kappa shape index (κ1) is 13.4. The van der Waals surface area contributed by atoms with E-state index in [2.05, 4.69) is 10.1 Å². The number of hydrogen-bond donors (Lipinski definition) is 0. The van der Waals surface area contributed by atoms with Crippen molar-refractivity contribution in [2.24, 2.45) is 0 Å². The lowest BCUT2D eigenvalue weighted by Gasteiger charge is -2.01. The Kier molecular flexibility index (Phi) is 3.74. The first-order valence-corrected chi connectivity index (χ1v) is 6.89. The third-order valence-corrected chi connectivity index (χ3v) is 3.46. The Labute approximate surface area is 123 Å². The van der Waals surface area contributed by atoms with E-state index < -0.39 is 11.8 Å². The van der Waals surface area contributed by atoms with Crippen LogP contribution in [0.25, 0.3) is 10.7 Å². The Morgan fingerprint density at radius 2 is 2.24 bits per heavy atom. The van der Waals surface area contributed by atoms with Crippen LogP contribution in [0.2, 0.25) is 0 Å². The van der Waals surface area contributed by atoms with E-state index in [1.165, 1.54) is 29.5 Å². The van der Waals surface area contributed by atoms with Gasteiger partial charge in [-0.25, -0.2) is 9.18 Å². The van der Waals surface area contributed by atoms with Crippen molar-refractivity contribution in [3.8, 4) is 10.7 Å². The molecule has 2 heterocycles. The number of carbonyl (C=O) groups is 1. The van der Waals surface area contributed by atoms with Gasteiger partial charge in [0.1, 0.15) is 5.82 Å². The number of esters is 1. The van der Waals surface area contributed by atoms with Gasteiger partial charge in [0.05, 0.1) is 10.4 Å². The topological polar surface area (TPSA) is 65.2 Å². The lowest BCUT2D eigenvalue weighted by molar-refractivity contribution is 0.0429. The van der Waals surface area contributed by atoms with Gasteiger partial charge >= 0.3 is 5.97 Å². The minimum absolute atomic E-state index is 0.132. The van der Waals surface area contributed by atoms with Crippen LogP contribution in [0.1, 0.15) is 16.2 Å². The molecule has 1 aromatic carbocycles. The Morgan fingerprint density at radius 3 is 3.00 bits per heavy atom. The van der Waals surface area contributed by atoms with Gasteiger partial charge in [-0.2, -0.15) is 4.98 Å². The van der Waals surface area contributed by atoms with E-state index in [4.69, 9.17) is 9.26 Å². The first-order chi connectivity index (χ1) is 10.2. The maximum atomic E-state index is 13.0. The maximum absolute atomic E-state index is 13.0. The molecule has 7 heteroatoms. The molecular formula is C14H9FN2O3S. The summed E-state index contributed by atoms with van der Waals surface area (Å²) in [6.07, 6.45) is 0. The molecule has 0 amide bonds. The molecule has 0 bridgehead atoms. The maximum Gasteiger partial charge on any atom is 0.338 e. The van der Waals surface area contributed by atoms with Gasteiger partial charge in [0.25, 0.3) is 5.89 Å². The molecule has 0 saturated heterocycles. The van der Waals surface area contributed by atoms with Crippen LogP contribution in [-0.2, 0) is 11.3 Å². The predicted molar refractivity (Wildman–Crippen MR) is 73.1 cm³/mol. The monoisotopic (exact) mass is 304 g/mol. The Morgan fingerprint density at radius 1 is 1.33 bits per heavy atom. The van der Waals surface area contributed by atoms with Gasteiger partial charge in [0, 0.05) is 0 Å². The molecule has 0 aliphatic rings. The van der Waals surface area contributed by atoms with Gasteiger partial charge in [0.15, 0.2) is 6.61 Å². The molecule has 3 aromatic rings. The minimum atomic E-state index is -0.648.